The van der Waals surface area contributed by atoms with Crippen molar-refractivity contribution in [2.24, 2.45) is 0 Å². The molecule has 0 radical (unpaired) electrons. The standard InChI is InChI=1S/C15H23NO/c1-4-6-12(3)16-15(17)11-14-9-7-13(5-2)8-10-14/h7-10,12H,4-6,11H2,1-3H3,(H,16,17). The molecule has 0 saturated carbocycles. The number of amides is 1. The molecule has 0 spiro atoms. The maximum absolute atomic E-state index is 11.7. The Bertz CT molecular complexity index is 342. The molecular weight excluding hydrogens is 210 g/mol. The van der Waals surface area contributed by atoms with E-state index in [1.54, 1.807) is 0 Å². The van der Waals surface area contributed by atoms with Gasteiger partial charge in [0.05, 0.1) is 6.42 Å². The Kier molecular flexibility index (Phi) is 5.75. The van der Waals surface area contributed by atoms with Crippen LogP contribution < -0.4 is 5.32 Å². The van der Waals surface area contributed by atoms with Crippen LogP contribution in [0.4, 0.5) is 0 Å². The quantitative estimate of drug-likeness (QED) is 0.803. The van der Waals surface area contributed by atoms with E-state index in [1.807, 2.05) is 12.1 Å². The van der Waals surface area contributed by atoms with E-state index in [0.29, 0.717) is 6.42 Å². The van der Waals surface area contributed by atoms with Crippen molar-refractivity contribution in [3.8, 4) is 0 Å². The molecule has 1 unspecified atom stereocenters. The fourth-order valence-corrected chi connectivity index (χ4v) is 1.91. The molecule has 2 nitrogen and oxygen atoms in total. The smallest absolute Gasteiger partial charge is 0.224 e. The van der Waals surface area contributed by atoms with Gasteiger partial charge in [0.15, 0.2) is 0 Å². The highest BCUT2D eigenvalue weighted by atomic mass is 16.1. The van der Waals surface area contributed by atoms with Crippen LogP contribution in [0.2, 0.25) is 0 Å². The molecule has 0 heterocycles. The molecule has 1 aromatic carbocycles. The van der Waals surface area contributed by atoms with Gasteiger partial charge in [0, 0.05) is 6.04 Å². The van der Waals surface area contributed by atoms with Crippen molar-refractivity contribution in [2.75, 3.05) is 0 Å². The second kappa shape index (κ2) is 7.10. The lowest BCUT2D eigenvalue weighted by Gasteiger charge is -2.12. The summed E-state index contributed by atoms with van der Waals surface area (Å²) >= 11 is 0. The lowest BCUT2D eigenvalue weighted by atomic mass is 10.1. The highest BCUT2D eigenvalue weighted by Gasteiger charge is 2.07. The fourth-order valence-electron chi connectivity index (χ4n) is 1.91. The minimum Gasteiger partial charge on any atom is -0.353 e. The average molecular weight is 233 g/mol. The number of aryl methyl sites for hydroxylation is 1. The lowest BCUT2D eigenvalue weighted by Crippen LogP contribution is -2.33. The van der Waals surface area contributed by atoms with Crippen molar-refractivity contribution in [2.45, 2.75) is 52.5 Å². The molecule has 1 atom stereocenters. The molecule has 1 aromatic rings. The first-order valence-electron chi connectivity index (χ1n) is 6.52. The summed E-state index contributed by atoms with van der Waals surface area (Å²) in [6, 6.07) is 8.56. The third kappa shape index (κ3) is 5.03. The number of nitrogens with one attached hydrogen (secondary N) is 1. The number of hydrogen-bond acceptors (Lipinski definition) is 1. The van der Waals surface area contributed by atoms with Crippen molar-refractivity contribution >= 4 is 5.91 Å². The zero-order valence-corrected chi connectivity index (χ0v) is 11.1. The van der Waals surface area contributed by atoms with Crippen molar-refractivity contribution in [1.29, 1.82) is 0 Å². The number of carbonyl (C=O) groups is 1. The second-order valence-corrected chi connectivity index (χ2v) is 4.60. The lowest BCUT2D eigenvalue weighted by molar-refractivity contribution is -0.121. The first-order chi connectivity index (χ1) is 8.15. The Morgan fingerprint density at radius 1 is 1.18 bits per heavy atom. The predicted molar refractivity (Wildman–Crippen MR) is 72.0 cm³/mol. The largest absolute Gasteiger partial charge is 0.353 e. The molecule has 0 aliphatic heterocycles. The number of hydrogen-bond donors (Lipinski definition) is 1. The first-order valence-corrected chi connectivity index (χ1v) is 6.52. The van der Waals surface area contributed by atoms with Gasteiger partial charge in [0.2, 0.25) is 5.91 Å². The zero-order chi connectivity index (χ0) is 12.7. The van der Waals surface area contributed by atoms with Crippen LogP contribution in [0.3, 0.4) is 0 Å². The van der Waals surface area contributed by atoms with Gasteiger partial charge in [0.1, 0.15) is 0 Å². The van der Waals surface area contributed by atoms with Crippen LogP contribution in [0.1, 0.15) is 44.7 Å². The van der Waals surface area contributed by atoms with Crippen LogP contribution in [0.25, 0.3) is 0 Å². The summed E-state index contributed by atoms with van der Waals surface area (Å²) in [5.74, 6) is 0.121. The van der Waals surface area contributed by atoms with Crippen molar-refractivity contribution in [3.05, 3.63) is 35.4 Å². The third-order valence-corrected chi connectivity index (χ3v) is 2.92. The molecule has 0 aliphatic rings. The summed E-state index contributed by atoms with van der Waals surface area (Å²) in [6.45, 7) is 6.32. The third-order valence-electron chi connectivity index (χ3n) is 2.92. The normalized spacial score (nSPS) is 12.2. The summed E-state index contributed by atoms with van der Waals surface area (Å²) in [6.07, 6.45) is 3.67. The molecule has 0 saturated heterocycles. The molecule has 1 rings (SSSR count). The highest BCUT2D eigenvalue weighted by Crippen LogP contribution is 2.06. The number of rotatable bonds is 6. The van der Waals surface area contributed by atoms with Crippen molar-refractivity contribution < 1.29 is 4.79 Å². The van der Waals surface area contributed by atoms with Crippen LogP contribution >= 0.6 is 0 Å². The molecule has 1 N–H and O–H groups in total. The van der Waals surface area contributed by atoms with Crippen molar-refractivity contribution in [3.63, 3.8) is 0 Å². The van der Waals surface area contributed by atoms with Crippen LogP contribution in [-0.2, 0) is 17.6 Å². The molecule has 0 fully saturated rings. The van der Waals surface area contributed by atoms with Crippen LogP contribution in [0.5, 0.6) is 0 Å². The van der Waals surface area contributed by atoms with Crippen LogP contribution in [0, 0.1) is 0 Å². The van der Waals surface area contributed by atoms with Gasteiger partial charge in [-0.2, -0.15) is 0 Å². The molecule has 17 heavy (non-hydrogen) atoms. The first kappa shape index (κ1) is 13.8. The highest BCUT2D eigenvalue weighted by molar-refractivity contribution is 5.78. The summed E-state index contributed by atoms with van der Waals surface area (Å²) in [4.78, 5) is 11.7. The Morgan fingerprint density at radius 3 is 2.29 bits per heavy atom. The Hall–Kier alpha value is -1.31. The van der Waals surface area contributed by atoms with Crippen molar-refractivity contribution in [1.82, 2.24) is 5.32 Å². The Labute approximate surface area is 104 Å². The molecule has 1 amide bonds. The van der Waals surface area contributed by atoms with Gasteiger partial charge in [-0.15, -0.1) is 0 Å². The molecule has 0 aliphatic carbocycles. The van der Waals surface area contributed by atoms with Gasteiger partial charge in [-0.1, -0.05) is 44.5 Å². The van der Waals surface area contributed by atoms with Gasteiger partial charge in [-0.25, -0.2) is 0 Å². The molecule has 2 heteroatoms. The minimum atomic E-state index is 0.121. The van der Waals surface area contributed by atoms with Crippen LogP contribution in [0.15, 0.2) is 24.3 Å². The minimum absolute atomic E-state index is 0.121. The SMILES string of the molecule is CCCC(C)NC(=O)Cc1ccc(CC)cc1. The van der Waals surface area contributed by atoms with E-state index < -0.39 is 0 Å². The molecule has 0 aromatic heterocycles. The molecular formula is C15H23NO. The number of benzene rings is 1. The summed E-state index contributed by atoms with van der Waals surface area (Å²) in [7, 11) is 0. The zero-order valence-electron chi connectivity index (χ0n) is 11.1. The summed E-state index contributed by atoms with van der Waals surface area (Å²) in [5.41, 5.74) is 2.40. The average Bonchev–Trinajstić information content (AvgIpc) is 2.30. The summed E-state index contributed by atoms with van der Waals surface area (Å²) in [5, 5.41) is 3.02. The topological polar surface area (TPSA) is 29.1 Å². The van der Waals surface area contributed by atoms with E-state index in [2.05, 4.69) is 38.2 Å². The van der Waals surface area contributed by atoms with E-state index in [0.717, 1.165) is 24.8 Å². The monoisotopic (exact) mass is 233 g/mol. The van der Waals surface area contributed by atoms with Gasteiger partial charge in [-0.05, 0) is 30.9 Å². The predicted octanol–water partition coefficient (Wildman–Crippen LogP) is 3.10. The molecule has 0 bridgehead atoms. The Morgan fingerprint density at radius 2 is 1.76 bits per heavy atom. The number of carbonyl (C=O) groups excluding carboxylic acids is 1. The van der Waals surface area contributed by atoms with Crippen LogP contribution in [-0.4, -0.2) is 11.9 Å². The van der Waals surface area contributed by atoms with E-state index in [-0.39, 0.29) is 11.9 Å². The molecule has 94 valence electrons. The summed E-state index contributed by atoms with van der Waals surface area (Å²) < 4.78 is 0. The Balaban J connectivity index is 2.44. The van der Waals surface area contributed by atoms with Gasteiger partial charge < -0.3 is 5.32 Å². The van der Waals surface area contributed by atoms with Gasteiger partial charge in [0.25, 0.3) is 0 Å². The second-order valence-electron chi connectivity index (χ2n) is 4.60. The van der Waals surface area contributed by atoms with E-state index >= 15 is 0 Å². The van der Waals surface area contributed by atoms with E-state index in [1.165, 1.54) is 5.56 Å². The van der Waals surface area contributed by atoms with Gasteiger partial charge >= 0.3 is 0 Å². The van der Waals surface area contributed by atoms with Gasteiger partial charge in [-0.3, -0.25) is 4.79 Å². The maximum atomic E-state index is 11.7. The maximum Gasteiger partial charge on any atom is 0.224 e. The fraction of sp³-hybridized carbons (Fsp3) is 0.533. The van der Waals surface area contributed by atoms with E-state index in [4.69, 9.17) is 0 Å². The van der Waals surface area contributed by atoms with E-state index in [9.17, 15) is 4.79 Å².